The van der Waals surface area contributed by atoms with Crippen LogP contribution in [0.5, 0.6) is 0 Å². The summed E-state index contributed by atoms with van der Waals surface area (Å²) < 4.78 is 27.5. The van der Waals surface area contributed by atoms with Gasteiger partial charge in [0.2, 0.25) is 0 Å². The fourth-order valence-corrected chi connectivity index (χ4v) is 3.63. The summed E-state index contributed by atoms with van der Waals surface area (Å²) in [5.74, 6) is 0.0419. The van der Waals surface area contributed by atoms with Gasteiger partial charge < -0.3 is 24.9 Å². The predicted molar refractivity (Wildman–Crippen MR) is 111 cm³/mol. The van der Waals surface area contributed by atoms with Gasteiger partial charge in [-0.2, -0.15) is 0 Å². The lowest BCUT2D eigenvalue weighted by atomic mass is 10.3. The number of para-hydroxylation sites is 1. The van der Waals surface area contributed by atoms with Crippen molar-refractivity contribution in [2.24, 2.45) is 0 Å². The van der Waals surface area contributed by atoms with Crippen molar-refractivity contribution in [3.05, 3.63) is 42.0 Å². The summed E-state index contributed by atoms with van der Waals surface area (Å²) >= 11 is 0. The molecule has 2 fully saturated rings. The molecule has 2 saturated heterocycles. The molecular formula is C20H25F2N7O. The van der Waals surface area contributed by atoms with Gasteiger partial charge in [0.25, 0.3) is 0 Å². The Morgan fingerprint density at radius 1 is 0.833 bits per heavy atom. The van der Waals surface area contributed by atoms with Crippen molar-refractivity contribution in [1.29, 1.82) is 0 Å². The Labute approximate surface area is 174 Å². The van der Waals surface area contributed by atoms with E-state index in [-0.39, 0.29) is 0 Å². The number of halogens is 2. The average molecular weight is 417 g/mol. The molecule has 0 atom stereocenters. The topological polar surface area (TPSA) is 67.8 Å². The Morgan fingerprint density at radius 2 is 1.33 bits per heavy atom. The number of amides is 2. The maximum Gasteiger partial charge on any atom is 0.322 e. The first kappa shape index (κ1) is 20.3. The number of anilines is 3. The summed E-state index contributed by atoms with van der Waals surface area (Å²) in [6.07, 6.45) is 0. The largest absolute Gasteiger partial charge is 0.353 e. The van der Waals surface area contributed by atoms with Gasteiger partial charge in [0, 0.05) is 52.4 Å². The van der Waals surface area contributed by atoms with E-state index in [1.807, 2.05) is 17.0 Å². The SMILES string of the molecule is CN1CCN(c2ccc(N3CCN(C(=O)Nc4c(F)cccc4F)CC3)nn2)CC1. The highest BCUT2D eigenvalue weighted by Crippen LogP contribution is 2.20. The van der Waals surface area contributed by atoms with Gasteiger partial charge in [-0.1, -0.05) is 6.07 Å². The van der Waals surface area contributed by atoms with E-state index >= 15 is 0 Å². The van der Waals surface area contributed by atoms with E-state index in [1.54, 1.807) is 0 Å². The molecule has 0 bridgehead atoms. The fraction of sp³-hybridized carbons (Fsp3) is 0.450. The van der Waals surface area contributed by atoms with Gasteiger partial charge in [-0.05, 0) is 31.3 Å². The van der Waals surface area contributed by atoms with Gasteiger partial charge in [-0.15, -0.1) is 10.2 Å². The van der Waals surface area contributed by atoms with Crippen LogP contribution in [-0.4, -0.2) is 85.4 Å². The lowest BCUT2D eigenvalue weighted by Crippen LogP contribution is -2.50. The maximum absolute atomic E-state index is 13.7. The normalized spacial score (nSPS) is 17.9. The van der Waals surface area contributed by atoms with Crippen LogP contribution in [0.3, 0.4) is 0 Å². The van der Waals surface area contributed by atoms with Crippen LogP contribution in [0.4, 0.5) is 30.9 Å². The number of benzene rings is 1. The van der Waals surface area contributed by atoms with E-state index in [4.69, 9.17) is 0 Å². The second-order valence-electron chi connectivity index (χ2n) is 7.54. The zero-order valence-corrected chi connectivity index (χ0v) is 16.9. The van der Waals surface area contributed by atoms with Crippen molar-refractivity contribution < 1.29 is 13.6 Å². The van der Waals surface area contributed by atoms with Crippen molar-refractivity contribution in [3.8, 4) is 0 Å². The van der Waals surface area contributed by atoms with Crippen LogP contribution in [-0.2, 0) is 0 Å². The predicted octanol–water partition coefficient (Wildman–Crippen LogP) is 1.86. The molecule has 8 nitrogen and oxygen atoms in total. The molecule has 4 rings (SSSR count). The zero-order chi connectivity index (χ0) is 21.1. The summed E-state index contributed by atoms with van der Waals surface area (Å²) in [5, 5.41) is 11.1. The average Bonchev–Trinajstić information content (AvgIpc) is 2.77. The van der Waals surface area contributed by atoms with Crippen molar-refractivity contribution in [3.63, 3.8) is 0 Å². The monoisotopic (exact) mass is 417 g/mol. The van der Waals surface area contributed by atoms with Crippen LogP contribution < -0.4 is 15.1 Å². The molecule has 2 aliphatic heterocycles. The molecule has 0 radical (unpaired) electrons. The maximum atomic E-state index is 13.7. The molecular weight excluding hydrogens is 392 g/mol. The third kappa shape index (κ3) is 4.43. The summed E-state index contributed by atoms with van der Waals surface area (Å²) in [4.78, 5) is 20.5. The minimum atomic E-state index is -0.794. The number of likely N-dealkylation sites (N-methyl/N-ethyl adjacent to an activating group) is 1. The molecule has 2 aliphatic rings. The van der Waals surface area contributed by atoms with Crippen molar-refractivity contribution in [2.45, 2.75) is 0 Å². The molecule has 1 aromatic heterocycles. The van der Waals surface area contributed by atoms with E-state index in [0.717, 1.165) is 49.9 Å². The fourth-order valence-electron chi connectivity index (χ4n) is 3.63. The molecule has 0 unspecified atom stereocenters. The highest BCUT2D eigenvalue weighted by Gasteiger charge is 2.24. The molecule has 160 valence electrons. The second kappa shape index (κ2) is 8.78. The first-order chi connectivity index (χ1) is 14.5. The molecule has 2 aromatic rings. The Bertz CT molecular complexity index is 859. The third-order valence-electron chi connectivity index (χ3n) is 5.55. The van der Waals surface area contributed by atoms with E-state index < -0.39 is 23.4 Å². The summed E-state index contributed by atoms with van der Waals surface area (Å²) in [6, 6.07) is 6.89. The Balaban J connectivity index is 1.31. The lowest BCUT2D eigenvalue weighted by Gasteiger charge is -2.35. The number of nitrogens with one attached hydrogen (secondary N) is 1. The van der Waals surface area contributed by atoms with Crippen LogP contribution in [0.25, 0.3) is 0 Å². The van der Waals surface area contributed by atoms with Crippen LogP contribution in [0.1, 0.15) is 0 Å². The summed E-state index contributed by atoms with van der Waals surface area (Å²) in [7, 11) is 2.11. The first-order valence-electron chi connectivity index (χ1n) is 10.0. The zero-order valence-electron chi connectivity index (χ0n) is 16.9. The van der Waals surface area contributed by atoms with Gasteiger partial charge in [0.15, 0.2) is 11.6 Å². The molecule has 3 heterocycles. The van der Waals surface area contributed by atoms with Gasteiger partial charge in [-0.3, -0.25) is 0 Å². The number of urea groups is 1. The molecule has 0 saturated carbocycles. The highest BCUT2D eigenvalue weighted by molar-refractivity contribution is 5.89. The number of aromatic nitrogens is 2. The van der Waals surface area contributed by atoms with Crippen molar-refractivity contribution in [1.82, 2.24) is 20.0 Å². The molecule has 1 aromatic carbocycles. The molecule has 1 N–H and O–H groups in total. The number of hydrogen-bond acceptors (Lipinski definition) is 6. The van der Waals surface area contributed by atoms with Gasteiger partial charge >= 0.3 is 6.03 Å². The standard InChI is InChI=1S/C20H25F2N7O/c1-26-7-9-27(10-8-26)17-5-6-18(25-24-17)28-11-13-29(14-12-28)20(30)23-19-15(21)3-2-4-16(19)22/h2-6H,7-14H2,1H3,(H,23,30). The third-order valence-corrected chi connectivity index (χ3v) is 5.55. The van der Waals surface area contributed by atoms with E-state index in [9.17, 15) is 13.6 Å². The highest BCUT2D eigenvalue weighted by atomic mass is 19.1. The summed E-state index contributed by atoms with van der Waals surface area (Å²) in [5.41, 5.74) is -0.421. The lowest BCUT2D eigenvalue weighted by molar-refractivity contribution is 0.207. The second-order valence-corrected chi connectivity index (χ2v) is 7.54. The van der Waals surface area contributed by atoms with Crippen LogP contribution in [0.15, 0.2) is 30.3 Å². The van der Waals surface area contributed by atoms with Crippen LogP contribution >= 0.6 is 0 Å². The Morgan fingerprint density at radius 3 is 1.83 bits per heavy atom. The van der Waals surface area contributed by atoms with Gasteiger partial charge in [0.05, 0.1) is 0 Å². The molecule has 30 heavy (non-hydrogen) atoms. The number of carbonyl (C=O) groups is 1. The van der Waals surface area contributed by atoms with E-state index in [0.29, 0.717) is 26.2 Å². The minimum absolute atomic E-state index is 0.420. The van der Waals surface area contributed by atoms with Crippen LogP contribution in [0.2, 0.25) is 0 Å². The number of hydrogen-bond donors (Lipinski definition) is 1. The quantitative estimate of drug-likeness (QED) is 0.823. The van der Waals surface area contributed by atoms with Crippen molar-refractivity contribution >= 4 is 23.4 Å². The number of piperazine rings is 2. The number of carbonyl (C=O) groups excluding carboxylic acids is 1. The first-order valence-corrected chi connectivity index (χ1v) is 10.0. The van der Waals surface area contributed by atoms with E-state index in [1.165, 1.54) is 11.0 Å². The molecule has 0 spiro atoms. The van der Waals surface area contributed by atoms with Gasteiger partial charge in [-0.25, -0.2) is 13.6 Å². The number of rotatable bonds is 3. The number of nitrogens with zero attached hydrogens (tertiary/aromatic N) is 6. The smallest absolute Gasteiger partial charge is 0.322 e. The van der Waals surface area contributed by atoms with Crippen molar-refractivity contribution in [2.75, 3.05) is 74.5 Å². The molecule has 10 heteroatoms. The minimum Gasteiger partial charge on any atom is -0.353 e. The molecule has 0 aliphatic carbocycles. The van der Waals surface area contributed by atoms with Gasteiger partial charge in [0.1, 0.15) is 17.3 Å². The Hall–Kier alpha value is -3.01. The van der Waals surface area contributed by atoms with E-state index in [2.05, 4.69) is 32.4 Å². The van der Waals surface area contributed by atoms with Crippen LogP contribution in [0, 0.1) is 11.6 Å². The summed E-state index contributed by atoms with van der Waals surface area (Å²) in [6.45, 7) is 5.84. The molecule has 2 amide bonds. The Kier molecular flexibility index (Phi) is 5.93.